The molecule has 14 heavy (non-hydrogen) atoms. The van der Waals surface area contributed by atoms with Crippen LogP contribution in [0.15, 0.2) is 53.0 Å². The summed E-state index contributed by atoms with van der Waals surface area (Å²) in [6, 6.07) is 16.8. The summed E-state index contributed by atoms with van der Waals surface area (Å²) < 4.78 is 2.40. The van der Waals surface area contributed by atoms with Gasteiger partial charge in [-0.25, -0.2) is 0 Å². The van der Waals surface area contributed by atoms with Gasteiger partial charge in [0.1, 0.15) is 0 Å². The summed E-state index contributed by atoms with van der Waals surface area (Å²) in [5.41, 5.74) is 2.49. The predicted molar refractivity (Wildman–Crippen MR) is 72.3 cm³/mol. The second-order valence-corrected chi connectivity index (χ2v) is 5.09. The summed E-state index contributed by atoms with van der Waals surface area (Å²) in [7, 11) is 0. The van der Waals surface area contributed by atoms with Gasteiger partial charge in [0.25, 0.3) is 0 Å². The van der Waals surface area contributed by atoms with Crippen LogP contribution in [0, 0.1) is 3.57 Å². The van der Waals surface area contributed by atoms with E-state index in [1.54, 1.807) is 0 Å². The summed E-state index contributed by atoms with van der Waals surface area (Å²) >= 11 is 5.86. The Morgan fingerprint density at radius 1 is 0.857 bits per heavy atom. The average Bonchev–Trinajstić information content (AvgIpc) is 2.20. The van der Waals surface area contributed by atoms with Crippen LogP contribution in [0.25, 0.3) is 11.1 Å². The SMILES string of the molecule is Brc1ccccc1-c1ccc(I)cc1. The first kappa shape index (κ1) is 10.2. The Hall–Kier alpha value is -0.350. The molecule has 2 aromatic carbocycles. The Balaban J connectivity index is 2.50. The molecule has 0 aliphatic rings. The lowest BCUT2D eigenvalue weighted by Crippen LogP contribution is -1.79. The van der Waals surface area contributed by atoms with Crippen molar-refractivity contribution in [2.45, 2.75) is 0 Å². The van der Waals surface area contributed by atoms with E-state index >= 15 is 0 Å². The van der Waals surface area contributed by atoms with Crippen LogP contribution in [0.4, 0.5) is 0 Å². The fourth-order valence-corrected chi connectivity index (χ4v) is 2.20. The van der Waals surface area contributed by atoms with Crippen LogP contribution in [0.5, 0.6) is 0 Å². The van der Waals surface area contributed by atoms with Gasteiger partial charge in [0, 0.05) is 8.04 Å². The second kappa shape index (κ2) is 4.45. The highest BCUT2D eigenvalue weighted by atomic mass is 127. The summed E-state index contributed by atoms with van der Waals surface area (Å²) in [5, 5.41) is 0. The first-order chi connectivity index (χ1) is 6.77. The first-order valence-corrected chi connectivity index (χ1v) is 6.15. The molecule has 0 spiro atoms. The van der Waals surface area contributed by atoms with Crippen LogP contribution < -0.4 is 0 Å². The van der Waals surface area contributed by atoms with Crippen LogP contribution in [0.3, 0.4) is 0 Å². The molecule has 2 heteroatoms. The monoisotopic (exact) mass is 358 g/mol. The first-order valence-electron chi connectivity index (χ1n) is 4.28. The van der Waals surface area contributed by atoms with Gasteiger partial charge in [-0.05, 0) is 51.9 Å². The van der Waals surface area contributed by atoms with Crippen molar-refractivity contribution in [1.29, 1.82) is 0 Å². The van der Waals surface area contributed by atoms with E-state index in [-0.39, 0.29) is 0 Å². The van der Waals surface area contributed by atoms with Gasteiger partial charge < -0.3 is 0 Å². The molecule has 2 aromatic rings. The molecule has 0 saturated carbocycles. The van der Waals surface area contributed by atoms with Crippen molar-refractivity contribution in [3.63, 3.8) is 0 Å². The van der Waals surface area contributed by atoms with Crippen molar-refractivity contribution in [3.05, 3.63) is 56.6 Å². The average molecular weight is 359 g/mol. The van der Waals surface area contributed by atoms with Crippen molar-refractivity contribution in [3.8, 4) is 11.1 Å². The number of rotatable bonds is 1. The zero-order valence-electron chi connectivity index (χ0n) is 7.37. The van der Waals surface area contributed by atoms with Gasteiger partial charge in [-0.3, -0.25) is 0 Å². The Morgan fingerprint density at radius 3 is 2.14 bits per heavy atom. The quantitative estimate of drug-likeness (QED) is 0.647. The van der Waals surface area contributed by atoms with Gasteiger partial charge in [0.2, 0.25) is 0 Å². The van der Waals surface area contributed by atoms with Gasteiger partial charge in [-0.1, -0.05) is 46.3 Å². The third-order valence-corrected chi connectivity index (χ3v) is 3.44. The molecule has 2 rings (SSSR count). The largest absolute Gasteiger partial charge is 0.0616 e. The molecular formula is C12H8BrI. The Kier molecular flexibility index (Phi) is 3.23. The van der Waals surface area contributed by atoms with Gasteiger partial charge in [-0.15, -0.1) is 0 Å². The van der Waals surface area contributed by atoms with Crippen LogP contribution in [0.2, 0.25) is 0 Å². The molecule has 0 amide bonds. The molecule has 0 nitrogen and oxygen atoms in total. The number of hydrogen-bond acceptors (Lipinski definition) is 0. The van der Waals surface area contributed by atoms with Gasteiger partial charge >= 0.3 is 0 Å². The highest BCUT2D eigenvalue weighted by molar-refractivity contribution is 14.1. The highest BCUT2D eigenvalue weighted by Crippen LogP contribution is 2.27. The summed E-state index contributed by atoms with van der Waals surface area (Å²) in [6.07, 6.45) is 0. The van der Waals surface area contributed by atoms with Crippen molar-refractivity contribution in [1.82, 2.24) is 0 Å². The Bertz CT molecular complexity index is 434. The van der Waals surface area contributed by atoms with E-state index < -0.39 is 0 Å². The zero-order chi connectivity index (χ0) is 9.97. The third-order valence-electron chi connectivity index (χ3n) is 2.03. The van der Waals surface area contributed by atoms with Crippen molar-refractivity contribution in [2.24, 2.45) is 0 Å². The van der Waals surface area contributed by atoms with Crippen molar-refractivity contribution < 1.29 is 0 Å². The molecule has 0 aromatic heterocycles. The van der Waals surface area contributed by atoms with E-state index in [0.717, 1.165) is 4.47 Å². The molecule has 0 heterocycles. The molecule has 0 radical (unpaired) electrons. The van der Waals surface area contributed by atoms with Gasteiger partial charge in [0.05, 0.1) is 0 Å². The van der Waals surface area contributed by atoms with E-state index in [9.17, 15) is 0 Å². The van der Waals surface area contributed by atoms with E-state index in [1.165, 1.54) is 14.7 Å². The lowest BCUT2D eigenvalue weighted by molar-refractivity contribution is 1.57. The highest BCUT2D eigenvalue weighted by Gasteiger charge is 2.00. The molecule has 0 aliphatic carbocycles. The molecule has 0 bridgehead atoms. The summed E-state index contributed by atoms with van der Waals surface area (Å²) in [5.74, 6) is 0. The van der Waals surface area contributed by atoms with Crippen LogP contribution in [-0.4, -0.2) is 0 Å². The van der Waals surface area contributed by atoms with Crippen LogP contribution in [0.1, 0.15) is 0 Å². The van der Waals surface area contributed by atoms with Crippen molar-refractivity contribution >= 4 is 38.5 Å². The molecule has 0 fully saturated rings. The Labute approximate surface area is 106 Å². The number of halogens is 2. The van der Waals surface area contributed by atoms with Gasteiger partial charge in [-0.2, -0.15) is 0 Å². The lowest BCUT2D eigenvalue weighted by Gasteiger charge is -2.03. The zero-order valence-corrected chi connectivity index (χ0v) is 11.1. The standard InChI is InChI=1S/C12H8BrI/c13-12-4-2-1-3-11(12)9-5-7-10(14)8-6-9/h1-8H. The molecule has 0 unspecified atom stereocenters. The van der Waals surface area contributed by atoms with E-state index in [4.69, 9.17) is 0 Å². The maximum absolute atomic E-state index is 3.55. The second-order valence-electron chi connectivity index (χ2n) is 2.99. The van der Waals surface area contributed by atoms with Crippen LogP contribution in [-0.2, 0) is 0 Å². The fourth-order valence-electron chi connectivity index (χ4n) is 1.32. The molecule has 0 aliphatic heterocycles. The molecule has 0 atom stereocenters. The molecular weight excluding hydrogens is 351 g/mol. The predicted octanol–water partition coefficient (Wildman–Crippen LogP) is 4.72. The minimum absolute atomic E-state index is 1.14. The topological polar surface area (TPSA) is 0 Å². The molecule has 70 valence electrons. The third kappa shape index (κ3) is 2.17. The fraction of sp³-hybridized carbons (Fsp3) is 0. The van der Waals surface area contributed by atoms with E-state index in [0.29, 0.717) is 0 Å². The normalized spacial score (nSPS) is 10.1. The molecule has 0 saturated heterocycles. The minimum atomic E-state index is 1.14. The minimum Gasteiger partial charge on any atom is -0.0616 e. The smallest absolute Gasteiger partial charge is 0.0253 e. The Morgan fingerprint density at radius 2 is 1.50 bits per heavy atom. The lowest BCUT2D eigenvalue weighted by atomic mass is 10.1. The maximum atomic E-state index is 3.55. The van der Waals surface area contributed by atoms with E-state index in [2.05, 4.69) is 81.0 Å². The number of hydrogen-bond donors (Lipinski definition) is 0. The maximum Gasteiger partial charge on any atom is 0.0253 e. The molecule has 0 N–H and O–H groups in total. The van der Waals surface area contributed by atoms with E-state index in [1.807, 2.05) is 6.07 Å². The van der Waals surface area contributed by atoms with Crippen molar-refractivity contribution in [2.75, 3.05) is 0 Å². The summed E-state index contributed by atoms with van der Waals surface area (Å²) in [4.78, 5) is 0. The van der Waals surface area contributed by atoms with Crippen LogP contribution >= 0.6 is 38.5 Å². The van der Waals surface area contributed by atoms with Gasteiger partial charge in [0.15, 0.2) is 0 Å². The number of benzene rings is 2. The summed E-state index contributed by atoms with van der Waals surface area (Å²) in [6.45, 7) is 0.